The van der Waals surface area contributed by atoms with E-state index in [0.717, 1.165) is 17.9 Å². The highest BCUT2D eigenvalue weighted by atomic mass is 16.5. The summed E-state index contributed by atoms with van der Waals surface area (Å²) in [5, 5.41) is 9.37. The second-order valence-electron chi connectivity index (χ2n) is 6.60. The molecule has 0 radical (unpaired) electrons. The van der Waals surface area contributed by atoms with Gasteiger partial charge >= 0.3 is 0 Å². The van der Waals surface area contributed by atoms with Crippen LogP contribution in [0.1, 0.15) is 36.1 Å². The largest absolute Gasteiger partial charge is 0.492 e. The van der Waals surface area contributed by atoms with E-state index in [-0.39, 0.29) is 12.0 Å². The van der Waals surface area contributed by atoms with Gasteiger partial charge in [0.25, 0.3) is 0 Å². The first kappa shape index (κ1) is 14.2. The van der Waals surface area contributed by atoms with E-state index in [4.69, 9.17) is 4.74 Å². The summed E-state index contributed by atoms with van der Waals surface area (Å²) in [6.45, 7) is 9.59. The molecule has 1 heterocycles. The Kier molecular flexibility index (Phi) is 3.29. The van der Waals surface area contributed by atoms with Gasteiger partial charge in [0.15, 0.2) is 0 Å². The molecule has 0 amide bonds. The molecule has 0 fully saturated rings. The minimum absolute atomic E-state index is 0.0520. The molecule has 2 nitrogen and oxygen atoms in total. The third-order valence-corrected chi connectivity index (χ3v) is 4.40. The lowest BCUT2D eigenvalue weighted by Crippen LogP contribution is -2.19. The van der Waals surface area contributed by atoms with Gasteiger partial charge in [-0.2, -0.15) is 0 Å². The quantitative estimate of drug-likeness (QED) is 0.897. The van der Waals surface area contributed by atoms with Crippen molar-refractivity contribution in [2.75, 3.05) is 6.61 Å². The van der Waals surface area contributed by atoms with E-state index < -0.39 is 0 Å². The van der Waals surface area contributed by atoms with Gasteiger partial charge in [0, 0.05) is 11.0 Å². The lowest BCUT2D eigenvalue weighted by molar-refractivity contribution is 0.282. The Morgan fingerprint density at radius 2 is 1.95 bits per heavy atom. The fourth-order valence-corrected chi connectivity index (χ4v) is 3.50. The minimum Gasteiger partial charge on any atom is -0.492 e. The monoisotopic (exact) mass is 282 g/mol. The lowest BCUT2D eigenvalue weighted by Gasteiger charge is -2.21. The summed E-state index contributed by atoms with van der Waals surface area (Å²) in [4.78, 5) is 0. The van der Waals surface area contributed by atoms with Gasteiger partial charge in [0.05, 0.1) is 13.2 Å². The van der Waals surface area contributed by atoms with Crippen LogP contribution in [0, 0.1) is 13.8 Å². The van der Waals surface area contributed by atoms with Crippen molar-refractivity contribution in [3.63, 3.8) is 0 Å². The normalized spacial score (nSPS) is 15.7. The maximum Gasteiger partial charge on any atom is 0.123 e. The van der Waals surface area contributed by atoms with Crippen molar-refractivity contribution in [1.29, 1.82) is 0 Å². The second-order valence-corrected chi connectivity index (χ2v) is 6.60. The molecule has 110 valence electrons. The van der Waals surface area contributed by atoms with Crippen molar-refractivity contribution in [2.24, 2.45) is 0 Å². The first-order chi connectivity index (χ1) is 9.94. The van der Waals surface area contributed by atoms with Crippen LogP contribution in [0.4, 0.5) is 0 Å². The lowest BCUT2D eigenvalue weighted by atomic mass is 9.80. The number of aliphatic hydroxyl groups excluding tert-OH is 1. The molecule has 3 rings (SSSR count). The Bertz CT molecular complexity index is 699. The van der Waals surface area contributed by atoms with Gasteiger partial charge in [-0.15, -0.1) is 0 Å². The van der Waals surface area contributed by atoms with Crippen LogP contribution in [0.25, 0.3) is 11.1 Å². The summed E-state index contributed by atoms with van der Waals surface area (Å²) in [6.07, 6.45) is 0. The van der Waals surface area contributed by atoms with Crippen LogP contribution < -0.4 is 4.74 Å². The van der Waals surface area contributed by atoms with Crippen LogP contribution in [0.2, 0.25) is 0 Å². The van der Waals surface area contributed by atoms with Crippen LogP contribution in [0.3, 0.4) is 0 Å². The molecule has 0 saturated carbocycles. The highest BCUT2D eigenvalue weighted by Gasteiger charge is 2.34. The molecule has 0 aromatic heterocycles. The average molecular weight is 282 g/mol. The van der Waals surface area contributed by atoms with Crippen molar-refractivity contribution in [3.05, 3.63) is 52.6 Å². The third kappa shape index (κ3) is 2.24. The fourth-order valence-electron chi connectivity index (χ4n) is 3.50. The highest BCUT2D eigenvalue weighted by molar-refractivity contribution is 5.75. The van der Waals surface area contributed by atoms with E-state index >= 15 is 0 Å². The molecule has 2 aromatic rings. The van der Waals surface area contributed by atoms with Gasteiger partial charge in [-0.05, 0) is 53.8 Å². The fraction of sp³-hybridized carbons (Fsp3) is 0.368. The molecule has 0 saturated heterocycles. The molecule has 0 bridgehead atoms. The van der Waals surface area contributed by atoms with Crippen LogP contribution in [-0.4, -0.2) is 11.7 Å². The molecule has 0 spiro atoms. The zero-order valence-electron chi connectivity index (χ0n) is 13.2. The predicted octanol–water partition coefficient (Wildman–Crippen LogP) is 4.13. The molecule has 1 N–H and O–H groups in total. The summed E-state index contributed by atoms with van der Waals surface area (Å²) in [5.74, 6) is 1.03. The van der Waals surface area contributed by atoms with Crippen LogP contribution in [0.5, 0.6) is 5.75 Å². The van der Waals surface area contributed by atoms with E-state index in [9.17, 15) is 5.11 Å². The van der Waals surface area contributed by atoms with Gasteiger partial charge in [-0.25, -0.2) is 0 Å². The number of ether oxygens (including phenoxy) is 1. The zero-order chi connectivity index (χ0) is 15.2. The number of fused-ring (bicyclic) bond motifs is 1. The number of benzene rings is 2. The number of hydrogen-bond donors (Lipinski definition) is 1. The molecule has 0 atom stereocenters. The summed E-state index contributed by atoms with van der Waals surface area (Å²) in [7, 11) is 0. The molecule has 2 aromatic carbocycles. The molecule has 0 aliphatic carbocycles. The third-order valence-electron chi connectivity index (χ3n) is 4.40. The van der Waals surface area contributed by atoms with Crippen molar-refractivity contribution in [1.82, 2.24) is 0 Å². The summed E-state index contributed by atoms with van der Waals surface area (Å²) in [6, 6.07) is 10.3. The maximum absolute atomic E-state index is 9.37. The number of hydrogen-bond acceptors (Lipinski definition) is 2. The number of aryl methyl sites for hydroxylation is 1. The molecular weight excluding hydrogens is 260 g/mol. The second kappa shape index (κ2) is 4.88. The topological polar surface area (TPSA) is 29.5 Å². The van der Waals surface area contributed by atoms with E-state index in [1.807, 2.05) is 12.1 Å². The number of aliphatic hydroxyl groups is 1. The van der Waals surface area contributed by atoms with Gasteiger partial charge in [-0.3, -0.25) is 0 Å². The Hall–Kier alpha value is -1.80. The number of rotatable bonds is 2. The van der Waals surface area contributed by atoms with Crippen molar-refractivity contribution >= 4 is 0 Å². The van der Waals surface area contributed by atoms with Gasteiger partial charge in [0.1, 0.15) is 5.75 Å². The molecule has 2 heteroatoms. The molecule has 0 unspecified atom stereocenters. The molecule has 21 heavy (non-hydrogen) atoms. The van der Waals surface area contributed by atoms with E-state index in [1.165, 1.54) is 27.8 Å². The van der Waals surface area contributed by atoms with Crippen LogP contribution >= 0.6 is 0 Å². The standard InChI is InChI=1S/C19H22O2/c1-12-8-16-18(19(3,4)11-21-16)13(2)17(12)15-7-5-6-14(9-15)10-20/h5-9,20H,10-11H2,1-4H3. The minimum atomic E-state index is 0.0520. The van der Waals surface area contributed by atoms with Crippen molar-refractivity contribution < 1.29 is 9.84 Å². The first-order valence-electron chi connectivity index (χ1n) is 7.41. The van der Waals surface area contributed by atoms with Gasteiger partial charge < -0.3 is 9.84 Å². The maximum atomic E-state index is 9.37. The Balaban J connectivity index is 2.24. The molecule has 1 aliphatic rings. The Morgan fingerprint density at radius 1 is 1.19 bits per heavy atom. The van der Waals surface area contributed by atoms with Crippen molar-refractivity contribution in [3.8, 4) is 16.9 Å². The average Bonchev–Trinajstić information content (AvgIpc) is 2.74. The summed E-state index contributed by atoms with van der Waals surface area (Å²) in [5.41, 5.74) is 7.27. The highest BCUT2D eigenvalue weighted by Crippen LogP contribution is 2.45. The summed E-state index contributed by atoms with van der Waals surface area (Å²) < 4.78 is 5.87. The van der Waals surface area contributed by atoms with E-state index in [0.29, 0.717) is 0 Å². The first-order valence-corrected chi connectivity index (χ1v) is 7.41. The molecular formula is C19H22O2. The van der Waals surface area contributed by atoms with Crippen LogP contribution in [0.15, 0.2) is 30.3 Å². The van der Waals surface area contributed by atoms with Crippen LogP contribution in [-0.2, 0) is 12.0 Å². The Labute approximate surface area is 126 Å². The van der Waals surface area contributed by atoms with E-state index in [1.54, 1.807) is 0 Å². The predicted molar refractivity (Wildman–Crippen MR) is 85.8 cm³/mol. The van der Waals surface area contributed by atoms with Gasteiger partial charge in [-0.1, -0.05) is 32.0 Å². The smallest absolute Gasteiger partial charge is 0.123 e. The SMILES string of the molecule is Cc1cc2c(c(C)c1-c1cccc(CO)c1)C(C)(C)CO2. The van der Waals surface area contributed by atoms with Crippen molar-refractivity contribution in [2.45, 2.75) is 39.7 Å². The Morgan fingerprint density at radius 3 is 2.67 bits per heavy atom. The molecule has 1 aliphatic heterocycles. The summed E-state index contributed by atoms with van der Waals surface area (Å²) >= 11 is 0. The van der Waals surface area contributed by atoms with Gasteiger partial charge in [0.2, 0.25) is 0 Å². The zero-order valence-corrected chi connectivity index (χ0v) is 13.2. The van der Waals surface area contributed by atoms with E-state index in [2.05, 4.69) is 45.9 Å².